The number of pyridine rings is 1. The van der Waals surface area contributed by atoms with E-state index in [0.29, 0.717) is 23.9 Å². The number of nitrogen functional groups attached to an aromatic ring is 1. The zero-order chi connectivity index (χ0) is 13.1. The highest BCUT2D eigenvalue weighted by Gasteiger charge is 2.20. The van der Waals surface area contributed by atoms with Crippen LogP contribution in [0.1, 0.15) is 12.1 Å². The van der Waals surface area contributed by atoms with Crippen LogP contribution in [0, 0.1) is 0 Å². The van der Waals surface area contributed by atoms with Crippen molar-refractivity contribution in [3.63, 3.8) is 0 Å². The predicted octanol–water partition coefficient (Wildman–Crippen LogP) is 0.981. The van der Waals surface area contributed by atoms with E-state index in [1.807, 2.05) is 7.05 Å². The van der Waals surface area contributed by atoms with Gasteiger partial charge in [0.25, 0.3) is 0 Å². The first-order chi connectivity index (χ1) is 8.56. The molecule has 2 rings (SSSR count). The second-order valence-electron chi connectivity index (χ2n) is 4.54. The highest BCUT2D eigenvalue weighted by atomic mass is 35.5. The molecule has 0 bridgehead atoms. The van der Waals surface area contributed by atoms with Crippen LogP contribution >= 0.6 is 11.6 Å². The quantitative estimate of drug-likeness (QED) is 0.869. The molecule has 1 fully saturated rings. The topological polar surface area (TPSA) is 62.5 Å². The molecule has 1 aliphatic rings. The number of halogens is 1. The molecule has 98 valence electrons. The second kappa shape index (κ2) is 5.54. The van der Waals surface area contributed by atoms with Gasteiger partial charge in [0, 0.05) is 26.7 Å². The fourth-order valence-corrected chi connectivity index (χ4v) is 2.17. The molecule has 0 spiro atoms. The van der Waals surface area contributed by atoms with Crippen LogP contribution in [0.15, 0.2) is 12.1 Å². The van der Waals surface area contributed by atoms with Gasteiger partial charge in [-0.1, -0.05) is 11.6 Å². The van der Waals surface area contributed by atoms with Crippen molar-refractivity contribution in [1.82, 2.24) is 14.8 Å². The van der Waals surface area contributed by atoms with Gasteiger partial charge in [0.2, 0.25) is 5.91 Å². The SMILES string of the molecule is CN1CCCN(Cc2nc(N)ccc2Cl)CC1=O. The number of likely N-dealkylation sites (N-methyl/N-ethyl adjacent to an activating group) is 1. The Balaban J connectivity index is 2.08. The first-order valence-corrected chi connectivity index (χ1v) is 6.31. The van der Waals surface area contributed by atoms with Gasteiger partial charge in [-0.05, 0) is 18.6 Å². The average molecular weight is 269 g/mol. The largest absolute Gasteiger partial charge is 0.384 e. The molecular formula is C12H17ClN4O. The van der Waals surface area contributed by atoms with Gasteiger partial charge in [-0.3, -0.25) is 9.69 Å². The Morgan fingerprint density at radius 1 is 1.44 bits per heavy atom. The van der Waals surface area contributed by atoms with Crippen LogP contribution in [-0.2, 0) is 11.3 Å². The second-order valence-corrected chi connectivity index (χ2v) is 4.95. The molecule has 5 nitrogen and oxygen atoms in total. The summed E-state index contributed by atoms with van der Waals surface area (Å²) in [6.07, 6.45) is 0.960. The molecule has 0 unspecified atom stereocenters. The molecule has 0 atom stereocenters. The summed E-state index contributed by atoms with van der Waals surface area (Å²) in [5.74, 6) is 0.584. The monoisotopic (exact) mass is 268 g/mol. The molecule has 1 saturated heterocycles. The normalized spacial score (nSPS) is 17.9. The van der Waals surface area contributed by atoms with E-state index in [0.717, 1.165) is 25.2 Å². The Morgan fingerprint density at radius 2 is 2.22 bits per heavy atom. The number of amides is 1. The highest BCUT2D eigenvalue weighted by molar-refractivity contribution is 6.31. The number of carbonyl (C=O) groups is 1. The molecule has 0 aliphatic carbocycles. The summed E-state index contributed by atoms with van der Waals surface area (Å²) in [6, 6.07) is 3.41. The zero-order valence-electron chi connectivity index (χ0n) is 10.4. The lowest BCUT2D eigenvalue weighted by Crippen LogP contribution is -2.34. The zero-order valence-corrected chi connectivity index (χ0v) is 11.2. The molecule has 2 heterocycles. The van der Waals surface area contributed by atoms with E-state index in [2.05, 4.69) is 9.88 Å². The molecule has 1 aromatic heterocycles. The summed E-state index contributed by atoms with van der Waals surface area (Å²) in [7, 11) is 1.83. The van der Waals surface area contributed by atoms with E-state index < -0.39 is 0 Å². The maximum atomic E-state index is 11.8. The van der Waals surface area contributed by atoms with Crippen molar-refractivity contribution in [2.45, 2.75) is 13.0 Å². The molecule has 1 aromatic rings. The van der Waals surface area contributed by atoms with Crippen molar-refractivity contribution in [3.05, 3.63) is 22.8 Å². The lowest BCUT2D eigenvalue weighted by molar-refractivity contribution is -0.130. The molecule has 18 heavy (non-hydrogen) atoms. The van der Waals surface area contributed by atoms with E-state index in [1.165, 1.54) is 0 Å². The van der Waals surface area contributed by atoms with Gasteiger partial charge in [0.1, 0.15) is 5.82 Å². The maximum Gasteiger partial charge on any atom is 0.236 e. The van der Waals surface area contributed by atoms with Crippen LogP contribution in [0.25, 0.3) is 0 Å². The molecule has 1 amide bonds. The van der Waals surface area contributed by atoms with Gasteiger partial charge < -0.3 is 10.6 Å². The number of rotatable bonds is 2. The van der Waals surface area contributed by atoms with Crippen LogP contribution in [0.4, 0.5) is 5.82 Å². The Hall–Kier alpha value is -1.33. The lowest BCUT2D eigenvalue weighted by atomic mass is 10.3. The molecular weight excluding hydrogens is 252 g/mol. The molecule has 2 N–H and O–H groups in total. The minimum atomic E-state index is 0.132. The standard InChI is InChI=1S/C12H17ClN4O/c1-16-5-2-6-17(8-12(16)18)7-10-9(13)3-4-11(14)15-10/h3-4H,2,5-8H2,1H3,(H2,14,15). The summed E-state index contributed by atoms with van der Waals surface area (Å²) >= 11 is 6.08. The Morgan fingerprint density at radius 3 is 3.00 bits per heavy atom. The Labute approximate surface area is 112 Å². The van der Waals surface area contributed by atoms with Crippen molar-refractivity contribution in [2.24, 2.45) is 0 Å². The smallest absolute Gasteiger partial charge is 0.236 e. The number of nitrogens with two attached hydrogens (primary N) is 1. The summed E-state index contributed by atoms with van der Waals surface area (Å²) in [6.45, 7) is 2.63. The van der Waals surface area contributed by atoms with Crippen LogP contribution in [-0.4, -0.2) is 47.4 Å². The fraction of sp³-hybridized carbons (Fsp3) is 0.500. The summed E-state index contributed by atoms with van der Waals surface area (Å²) < 4.78 is 0. The minimum absolute atomic E-state index is 0.132. The van der Waals surface area contributed by atoms with Crippen molar-refractivity contribution in [1.29, 1.82) is 0 Å². The first kappa shape index (κ1) is 13.1. The van der Waals surface area contributed by atoms with Crippen LogP contribution in [0.3, 0.4) is 0 Å². The third-order valence-electron chi connectivity index (χ3n) is 3.07. The van der Waals surface area contributed by atoms with Crippen LogP contribution in [0.2, 0.25) is 5.02 Å². The van der Waals surface area contributed by atoms with Crippen molar-refractivity contribution >= 4 is 23.3 Å². The van der Waals surface area contributed by atoms with Crippen molar-refractivity contribution in [3.8, 4) is 0 Å². The minimum Gasteiger partial charge on any atom is -0.384 e. The van der Waals surface area contributed by atoms with E-state index in [1.54, 1.807) is 17.0 Å². The Kier molecular flexibility index (Phi) is 4.04. The average Bonchev–Trinajstić information content (AvgIpc) is 2.47. The number of hydrogen-bond donors (Lipinski definition) is 1. The van der Waals surface area contributed by atoms with Gasteiger partial charge in [0.05, 0.1) is 17.3 Å². The number of nitrogens with zero attached hydrogens (tertiary/aromatic N) is 3. The van der Waals surface area contributed by atoms with E-state index in [4.69, 9.17) is 17.3 Å². The third kappa shape index (κ3) is 3.11. The fourth-order valence-electron chi connectivity index (χ4n) is 2.01. The van der Waals surface area contributed by atoms with E-state index in [9.17, 15) is 4.79 Å². The van der Waals surface area contributed by atoms with Crippen LogP contribution < -0.4 is 5.73 Å². The van der Waals surface area contributed by atoms with Gasteiger partial charge in [-0.25, -0.2) is 4.98 Å². The van der Waals surface area contributed by atoms with Gasteiger partial charge >= 0.3 is 0 Å². The molecule has 1 aliphatic heterocycles. The molecule has 6 heteroatoms. The third-order valence-corrected chi connectivity index (χ3v) is 3.41. The first-order valence-electron chi connectivity index (χ1n) is 5.93. The molecule has 0 radical (unpaired) electrons. The summed E-state index contributed by atoms with van der Waals surface area (Å²) in [4.78, 5) is 19.8. The van der Waals surface area contributed by atoms with Gasteiger partial charge in [-0.2, -0.15) is 0 Å². The number of carbonyl (C=O) groups excluding carboxylic acids is 1. The Bertz CT molecular complexity index is 452. The van der Waals surface area contributed by atoms with E-state index in [-0.39, 0.29) is 5.91 Å². The lowest BCUT2D eigenvalue weighted by Gasteiger charge is -2.19. The van der Waals surface area contributed by atoms with Crippen LogP contribution in [0.5, 0.6) is 0 Å². The summed E-state index contributed by atoms with van der Waals surface area (Å²) in [5.41, 5.74) is 6.38. The van der Waals surface area contributed by atoms with E-state index >= 15 is 0 Å². The predicted molar refractivity (Wildman–Crippen MR) is 71.2 cm³/mol. The van der Waals surface area contributed by atoms with Gasteiger partial charge in [-0.15, -0.1) is 0 Å². The van der Waals surface area contributed by atoms with Gasteiger partial charge in [0.15, 0.2) is 0 Å². The number of anilines is 1. The van der Waals surface area contributed by atoms with Crippen molar-refractivity contribution < 1.29 is 4.79 Å². The highest BCUT2D eigenvalue weighted by Crippen LogP contribution is 2.18. The molecule has 0 saturated carbocycles. The number of aromatic nitrogens is 1. The summed E-state index contributed by atoms with van der Waals surface area (Å²) in [5, 5.41) is 0.592. The maximum absolute atomic E-state index is 11.8. The number of hydrogen-bond acceptors (Lipinski definition) is 4. The molecule has 0 aromatic carbocycles. The van der Waals surface area contributed by atoms with Crippen molar-refractivity contribution in [2.75, 3.05) is 32.4 Å².